The van der Waals surface area contributed by atoms with Gasteiger partial charge in [0.2, 0.25) is 0 Å². The van der Waals surface area contributed by atoms with E-state index in [2.05, 4.69) is 6.92 Å². The van der Waals surface area contributed by atoms with Crippen molar-refractivity contribution in [2.45, 2.75) is 13.8 Å². The topological polar surface area (TPSA) is 9.23 Å². The molecule has 0 bridgehead atoms. The standard InChI is InChI=1S/C6H15OPS3/c1-3-7-8(9)11-6-5-10-4-2/h8H,3-6H2,1-2H3. The summed E-state index contributed by atoms with van der Waals surface area (Å²) in [7, 11) is 0. The Morgan fingerprint density at radius 3 is 2.64 bits per heavy atom. The fourth-order valence-corrected chi connectivity index (χ4v) is 5.02. The molecule has 0 aromatic rings. The Bertz CT molecular complexity index is 110. The van der Waals surface area contributed by atoms with Gasteiger partial charge in [-0.25, -0.2) is 0 Å². The highest BCUT2D eigenvalue weighted by Gasteiger charge is 1.93. The van der Waals surface area contributed by atoms with Crippen LogP contribution in [0.3, 0.4) is 0 Å². The van der Waals surface area contributed by atoms with Crippen LogP contribution in [-0.4, -0.2) is 23.9 Å². The van der Waals surface area contributed by atoms with E-state index in [0.717, 1.165) is 12.4 Å². The molecule has 0 saturated heterocycles. The van der Waals surface area contributed by atoms with E-state index in [-0.39, 0.29) is 0 Å². The summed E-state index contributed by atoms with van der Waals surface area (Å²) in [4.78, 5) is 0. The highest BCUT2D eigenvalue weighted by molar-refractivity contribution is 8.62. The van der Waals surface area contributed by atoms with Gasteiger partial charge in [0.15, 0.2) is 0 Å². The van der Waals surface area contributed by atoms with Gasteiger partial charge in [0.25, 0.3) is 0 Å². The van der Waals surface area contributed by atoms with Crippen molar-refractivity contribution in [2.24, 2.45) is 0 Å². The minimum Gasteiger partial charge on any atom is -0.344 e. The Balaban J connectivity index is 3.04. The van der Waals surface area contributed by atoms with Gasteiger partial charge in [0, 0.05) is 18.1 Å². The highest BCUT2D eigenvalue weighted by Crippen LogP contribution is 2.39. The van der Waals surface area contributed by atoms with Gasteiger partial charge in [-0.1, -0.05) is 18.7 Å². The molecule has 0 N–H and O–H groups in total. The maximum absolute atomic E-state index is 5.29. The van der Waals surface area contributed by atoms with Gasteiger partial charge in [0.1, 0.15) is 6.13 Å². The lowest BCUT2D eigenvalue weighted by Gasteiger charge is -2.02. The summed E-state index contributed by atoms with van der Waals surface area (Å²) in [6, 6.07) is 0. The van der Waals surface area contributed by atoms with Crippen LogP contribution in [0.15, 0.2) is 0 Å². The molecule has 0 aliphatic heterocycles. The fourth-order valence-electron chi connectivity index (χ4n) is 0.488. The third-order valence-corrected chi connectivity index (χ3v) is 6.33. The van der Waals surface area contributed by atoms with Crippen molar-refractivity contribution in [1.82, 2.24) is 0 Å². The van der Waals surface area contributed by atoms with Crippen molar-refractivity contribution < 1.29 is 4.52 Å². The van der Waals surface area contributed by atoms with Crippen LogP contribution in [0, 0.1) is 0 Å². The van der Waals surface area contributed by atoms with E-state index in [9.17, 15) is 0 Å². The van der Waals surface area contributed by atoms with Crippen molar-refractivity contribution >= 4 is 41.1 Å². The van der Waals surface area contributed by atoms with Gasteiger partial charge in [-0.2, -0.15) is 11.8 Å². The predicted octanol–water partition coefficient (Wildman–Crippen LogP) is 3.02. The Morgan fingerprint density at radius 1 is 1.36 bits per heavy atom. The summed E-state index contributed by atoms with van der Waals surface area (Å²) in [5, 5.41) is 0. The first-order chi connectivity index (χ1) is 5.31. The zero-order valence-electron chi connectivity index (χ0n) is 6.96. The molecule has 0 aliphatic rings. The van der Waals surface area contributed by atoms with Crippen molar-refractivity contribution in [3.05, 3.63) is 0 Å². The molecule has 68 valence electrons. The number of hydrogen-bond donors (Lipinski definition) is 0. The van der Waals surface area contributed by atoms with E-state index >= 15 is 0 Å². The Kier molecular flexibility index (Phi) is 10.5. The summed E-state index contributed by atoms with van der Waals surface area (Å²) in [5.74, 6) is 3.56. The lowest BCUT2D eigenvalue weighted by atomic mass is 10.9. The van der Waals surface area contributed by atoms with E-state index in [1.807, 2.05) is 30.1 Å². The fraction of sp³-hybridized carbons (Fsp3) is 1.00. The first-order valence-corrected chi connectivity index (χ1v) is 9.09. The summed E-state index contributed by atoms with van der Waals surface area (Å²) >= 11 is 8.90. The molecular weight excluding hydrogens is 215 g/mol. The first kappa shape index (κ1) is 12.3. The molecule has 0 aromatic carbocycles. The van der Waals surface area contributed by atoms with Crippen molar-refractivity contribution in [2.75, 3.05) is 23.9 Å². The van der Waals surface area contributed by atoms with E-state index in [1.54, 1.807) is 0 Å². The minimum atomic E-state index is -0.934. The molecule has 1 nitrogen and oxygen atoms in total. The number of hydrogen-bond acceptors (Lipinski definition) is 4. The first-order valence-electron chi connectivity index (χ1n) is 3.68. The van der Waals surface area contributed by atoms with Crippen LogP contribution in [0.5, 0.6) is 0 Å². The van der Waals surface area contributed by atoms with E-state index in [4.69, 9.17) is 16.3 Å². The van der Waals surface area contributed by atoms with Crippen LogP contribution in [-0.2, 0) is 16.3 Å². The van der Waals surface area contributed by atoms with Gasteiger partial charge >= 0.3 is 0 Å². The molecule has 0 aliphatic carbocycles. The second-order valence-corrected chi connectivity index (χ2v) is 8.47. The average Bonchev–Trinajstić information content (AvgIpc) is 1.99. The van der Waals surface area contributed by atoms with Crippen LogP contribution < -0.4 is 0 Å². The summed E-state index contributed by atoms with van der Waals surface area (Å²) < 4.78 is 5.29. The minimum absolute atomic E-state index is 0.770. The predicted molar refractivity (Wildman–Crippen MR) is 62.8 cm³/mol. The van der Waals surface area contributed by atoms with Gasteiger partial charge in [0.05, 0.1) is 0 Å². The molecule has 0 rings (SSSR count). The molecule has 0 radical (unpaired) electrons. The lowest BCUT2D eigenvalue weighted by molar-refractivity contribution is 0.396. The van der Waals surface area contributed by atoms with Gasteiger partial charge in [-0.05, 0) is 12.7 Å². The second-order valence-electron chi connectivity index (χ2n) is 1.73. The molecular formula is C6H15OPS3. The van der Waals surface area contributed by atoms with Gasteiger partial charge in [-0.3, -0.25) is 0 Å². The molecule has 5 heteroatoms. The molecule has 0 amide bonds. The Hall–Kier alpha value is 1.31. The second kappa shape index (κ2) is 9.40. The monoisotopic (exact) mass is 230 g/mol. The summed E-state index contributed by atoms with van der Waals surface area (Å²) in [6.07, 6.45) is -0.934. The zero-order chi connectivity index (χ0) is 8.53. The van der Waals surface area contributed by atoms with Gasteiger partial charge < -0.3 is 4.52 Å². The SMILES string of the molecule is CCO[PH](=S)SCCSCC. The van der Waals surface area contributed by atoms with Crippen molar-refractivity contribution in [3.63, 3.8) is 0 Å². The van der Waals surface area contributed by atoms with E-state index in [0.29, 0.717) is 0 Å². The maximum atomic E-state index is 5.29. The van der Waals surface area contributed by atoms with Gasteiger partial charge in [-0.15, -0.1) is 11.4 Å². The van der Waals surface area contributed by atoms with Crippen LogP contribution in [0.25, 0.3) is 0 Å². The van der Waals surface area contributed by atoms with E-state index in [1.165, 1.54) is 11.5 Å². The number of thioether (sulfide) groups is 1. The molecule has 0 spiro atoms. The molecule has 1 atom stereocenters. The van der Waals surface area contributed by atoms with Crippen LogP contribution in [0.1, 0.15) is 13.8 Å². The van der Waals surface area contributed by atoms with Crippen LogP contribution in [0.4, 0.5) is 0 Å². The maximum Gasteiger partial charge on any atom is 0.107 e. The van der Waals surface area contributed by atoms with Crippen molar-refractivity contribution in [1.29, 1.82) is 0 Å². The molecule has 1 unspecified atom stereocenters. The zero-order valence-corrected chi connectivity index (χ0v) is 10.4. The van der Waals surface area contributed by atoms with Crippen LogP contribution >= 0.6 is 29.3 Å². The third kappa shape index (κ3) is 9.22. The largest absolute Gasteiger partial charge is 0.344 e. The van der Waals surface area contributed by atoms with Crippen molar-refractivity contribution in [3.8, 4) is 0 Å². The normalized spacial score (nSPS) is 13.3. The molecule has 0 fully saturated rings. The lowest BCUT2D eigenvalue weighted by Crippen LogP contribution is -1.82. The smallest absolute Gasteiger partial charge is 0.107 e. The molecule has 0 saturated carbocycles. The molecule has 0 heterocycles. The molecule has 0 aromatic heterocycles. The Morgan fingerprint density at radius 2 is 2.09 bits per heavy atom. The summed E-state index contributed by atoms with van der Waals surface area (Å²) in [5.41, 5.74) is 0. The van der Waals surface area contributed by atoms with Crippen LogP contribution in [0.2, 0.25) is 0 Å². The highest BCUT2D eigenvalue weighted by atomic mass is 32.9. The third-order valence-electron chi connectivity index (χ3n) is 0.914. The summed E-state index contributed by atoms with van der Waals surface area (Å²) in [6.45, 7) is 4.95. The Labute approximate surface area is 83.3 Å². The average molecular weight is 230 g/mol. The van der Waals surface area contributed by atoms with E-state index < -0.39 is 6.13 Å². The quantitative estimate of drug-likeness (QED) is 0.491. The molecule has 11 heavy (non-hydrogen) atoms. The number of rotatable bonds is 7.